The molecule has 0 aliphatic rings. The largest absolute Gasteiger partial charge is 0.457 e. The number of nitrogen functional groups attached to an aromatic ring is 1. The number of hydrogen-bond acceptors (Lipinski definition) is 7. The predicted molar refractivity (Wildman–Crippen MR) is 123 cm³/mol. The first kappa shape index (κ1) is 24.0. The van der Waals surface area contributed by atoms with Gasteiger partial charge in [0.15, 0.2) is 6.61 Å². The maximum atomic E-state index is 12.9. The van der Waals surface area contributed by atoms with Crippen LogP contribution in [0.25, 0.3) is 0 Å². The van der Waals surface area contributed by atoms with Crippen LogP contribution in [0, 0.1) is 5.82 Å². The highest BCUT2D eigenvalue weighted by molar-refractivity contribution is 7.99. The van der Waals surface area contributed by atoms with E-state index in [1.54, 1.807) is 36.4 Å². The van der Waals surface area contributed by atoms with Crippen molar-refractivity contribution >= 4 is 29.3 Å². The van der Waals surface area contributed by atoms with Crippen LogP contribution in [0.2, 0.25) is 0 Å². The van der Waals surface area contributed by atoms with E-state index in [4.69, 9.17) is 10.5 Å². The van der Waals surface area contributed by atoms with Gasteiger partial charge in [0, 0.05) is 17.7 Å². The molecule has 1 heterocycles. The first-order valence-electron chi connectivity index (χ1n) is 9.98. The maximum Gasteiger partial charge on any atom is 0.332 e. The molecule has 0 radical (unpaired) electrons. The number of nitrogens with two attached hydrogens (primary N) is 1. The van der Waals surface area contributed by atoms with Crippen LogP contribution in [0.1, 0.15) is 22.3 Å². The van der Waals surface area contributed by atoms with Crippen LogP contribution in [0.4, 0.5) is 10.2 Å². The summed E-state index contributed by atoms with van der Waals surface area (Å²) in [4.78, 5) is 50.5. The summed E-state index contributed by atoms with van der Waals surface area (Å²) in [7, 11) is 1.25. The number of aromatic nitrogens is 2. The van der Waals surface area contributed by atoms with Crippen LogP contribution in [0.5, 0.6) is 0 Å². The number of carbonyl (C=O) groups is 2. The number of ketones is 1. The van der Waals surface area contributed by atoms with Crippen molar-refractivity contribution in [1.29, 1.82) is 0 Å². The van der Waals surface area contributed by atoms with E-state index in [1.807, 2.05) is 6.07 Å². The van der Waals surface area contributed by atoms with Crippen molar-refractivity contribution in [2.75, 3.05) is 18.1 Å². The van der Waals surface area contributed by atoms with Gasteiger partial charge >= 0.3 is 11.7 Å². The maximum absolute atomic E-state index is 12.9. The lowest BCUT2D eigenvalue weighted by atomic mass is 10.2. The van der Waals surface area contributed by atoms with E-state index in [1.165, 1.54) is 30.9 Å². The summed E-state index contributed by atoms with van der Waals surface area (Å²) in [5.41, 5.74) is 4.87. The molecular weight excluding hydrogens is 449 g/mol. The lowest BCUT2D eigenvalue weighted by Crippen LogP contribution is -2.43. The Morgan fingerprint density at radius 1 is 1.06 bits per heavy atom. The molecule has 0 aliphatic heterocycles. The van der Waals surface area contributed by atoms with Gasteiger partial charge in [0.05, 0.1) is 13.0 Å². The summed E-state index contributed by atoms with van der Waals surface area (Å²) in [5, 5.41) is 0. The molecule has 0 saturated heterocycles. The zero-order chi connectivity index (χ0) is 24.0. The number of esters is 1. The van der Waals surface area contributed by atoms with Crippen LogP contribution >= 0.6 is 11.8 Å². The second-order valence-electron chi connectivity index (χ2n) is 7.11. The molecule has 3 aromatic rings. The van der Waals surface area contributed by atoms with Crippen molar-refractivity contribution in [3.8, 4) is 0 Å². The summed E-state index contributed by atoms with van der Waals surface area (Å²) in [6.07, 6.45) is 0.0102. The summed E-state index contributed by atoms with van der Waals surface area (Å²) >= 11 is 1.34. The molecule has 0 aliphatic carbocycles. The molecule has 0 spiro atoms. The molecule has 0 fully saturated rings. The van der Waals surface area contributed by atoms with Crippen molar-refractivity contribution in [2.45, 2.75) is 17.9 Å². The molecule has 8 nitrogen and oxygen atoms in total. The molecule has 172 valence electrons. The Labute approximate surface area is 192 Å². The first-order chi connectivity index (χ1) is 15.8. The van der Waals surface area contributed by atoms with Crippen LogP contribution in [-0.4, -0.2) is 33.2 Å². The van der Waals surface area contributed by atoms with E-state index in [9.17, 15) is 23.6 Å². The van der Waals surface area contributed by atoms with Crippen molar-refractivity contribution in [2.24, 2.45) is 7.05 Å². The second kappa shape index (κ2) is 10.8. The first-order valence-corrected chi connectivity index (χ1v) is 11.0. The Morgan fingerprint density at radius 3 is 2.39 bits per heavy atom. The van der Waals surface area contributed by atoms with Gasteiger partial charge in [-0.05, 0) is 29.8 Å². The number of thioether (sulfide) groups is 1. The van der Waals surface area contributed by atoms with Crippen molar-refractivity contribution in [3.05, 3.63) is 92.4 Å². The van der Waals surface area contributed by atoms with E-state index in [-0.39, 0.29) is 24.6 Å². The van der Waals surface area contributed by atoms with E-state index >= 15 is 0 Å². The molecule has 1 aromatic heterocycles. The van der Waals surface area contributed by atoms with Gasteiger partial charge in [0.25, 0.3) is 5.56 Å². The zero-order valence-electron chi connectivity index (χ0n) is 17.8. The molecule has 0 saturated carbocycles. The predicted octanol–water partition coefficient (Wildman–Crippen LogP) is 2.22. The molecule has 10 heteroatoms. The number of nitrogens with zero attached hydrogens (tertiary/aromatic N) is 2. The molecule has 3 rings (SSSR count). The molecule has 0 atom stereocenters. The molecule has 2 aromatic carbocycles. The van der Waals surface area contributed by atoms with E-state index in [0.29, 0.717) is 5.75 Å². The highest BCUT2D eigenvalue weighted by Crippen LogP contribution is 2.19. The number of anilines is 1. The fourth-order valence-corrected chi connectivity index (χ4v) is 3.87. The van der Waals surface area contributed by atoms with Gasteiger partial charge in [-0.15, -0.1) is 11.8 Å². The lowest BCUT2D eigenvalue weighted by Gasteiger charge is -2.14. The molecule has 33 heavy (non-hydrogen) atoms. The summed E-state index contributed by atoms with van der Waals surface area (Å²) in [5.74, 6) is -1.69. The van der Waals surface area contributed by atoms with Gasteiger partial charge in [0.1, 0.15) is 17.2 Å². The average molecular weight is 472 g/mol. The minimum atomic E-state index is -0.852. The van der Waals surface area contributed by atoms with Gasteiger partial charge in [-0.3, -0.25) is 23.5 Å². The highest BCUT2D eigenvalue weighted by Gasteiger charge is 2.22. The lowest BCUT2D eigenvalue weighted by molar-refractivity contribution is -0.141. The van der Waals surface area contributed by atoms with Crippen molar-refractivity contribution < 1.29 is 18.7 Å². The highest BCUT2D eigenvalue weighted by atomic mass is 32.2. The van der Waals surface area contributed by atoms with Crippen molar-refractivity contribution in [1.82, 2.24) is 9.13 Å². The van der Waals surface area contributed by atoms with Crippen molar-refractivity contribution in [3.63, 3.8) is 0 Å². The van der Waals surface area contributed by atoms with Gasteiger partial charge in [0.2, 0.25) is 5.78 Å². The third-order valence-electron chi connectivity index (χ3n) is 4.80. The third-order valence-corrected chi connectivity index (χ3v) is 5.81. The van der Waals surface area contributed by atoms with E-state index in [2.05, 4.69) is 0 Å². The second-order valence-corrected chi connectivity index (χ2v) is 8.28. The Kier molecular flexibility index (Phi) is 7.83. The molecule has 0 unspecified atom stereocenters. The number of rotatable bonds is 9. The van der Waals surface area contributed by atoms with Gasteiger partial charge in [-0.2, -0.15) is 0 Å². The molecule has 2 N–H and O–H groups in total. The number of ether oxygens (including phenoxy) is 1. The average Bonchev–Trinajstić information content (AvgIpc) is 2.81. The third kappa shape index (κ3) is 5.98. The van der Waals surface area contributed by atoms with Crippen LogP contribution < -0.4 is 17.0 Å². The number of benzene rings is 2. The standard InChI is InChI=1S/C23H22FN3O5S/c1-26-22(30)20(21(25)27(23(26)31)13-15-5-3-2-4-6-15)18(28)14-32-19(29)11-12-33-17-9-7-16(24)8-10-17/h2-10H,11-14,25H2,1H3. The smallest absolute Gasteiger partial charge is 0.332 e. The number of halogens is 1. The number of Topliss-reactive ketones (excluding diaryl/α,β-unsaturated/α-hetero) is 1. The molecular formula is C23H22FN3O5S. The van der Waals surface area contributed by atoms with E-state index < -0.39 is 35.2 Å². The van der Waals surface area contributed by atoms with Crippen LogP contribution in [0.15, 0.2) is 69.1 Å². The number of carbonyl (C=O) groups excluding carboxylic acids is 2. The zero-order valence-corrected chi connectivity index (χ0v) is 18.6. The summed E-state index contributed by atoms with van der Waals surface area (Å²) in [6, 6.07) is 14.8. The van der Waals surface area contributed by atoms with Crippen LogP contribution in [-0.2, 0) is 23.1 Å². The fraction of sp³-hybridized carbons (Fsp3) is 0.217. The summed E-state index contributed by atoms with van der Waals surface area (Å²) < 4.78 is 19.9. The quantitative estimate of drug-likeness (QED) is 0.289. The number of hydrogen-bond donors (Lipinski definition) is 1. The normalized spacial score (nSPS) is 10.7. The molecule has 0 amide bonds. The SMILES string of the molecule is Cn1c(=O)c(C(=O)COC(=O)CCSc2ccc(F)cc2)c(N)n(Cc2ccccc2)c1=O. The van der Waals surface area contributed by atoms with Gasteiger partial charge in [-0.25, -0.2) is 9.18 Å². The monoisotopic (exact) mass is 471 g/mol. The minimum Gasteiger partial charge on any atom is -0.457 e. The Hall–Kier alpha value is -3.66. The topological polar surface area (TPSA) is 113 Å². The van der Waals surface area contributed by atoms with E-state index in [0.717, 1.165) is 19.6 Å². The fourth-order valence-electron chi connectivity index (χ4n) is 3.04. The minimum absolute atomic E-state index is 0.0102. The van der Waals surface area contributed by atoms with Crippen LogP contribution in [0.3, 0.4) is 0 Å². The van der Waals surface area contributed by atoms with Gasteiger partial charge in [-0.1, -0.05) is 30.3 Å². The molecule has 0 bridgehead atoms. The Balaban J connectivity index is 1.66. The summed E-state index contributed by atoms with van der Waals surface area (Å²) in [6.45, 7) is -0.608. The Bertz CT molecular complexity index is 1270. The van der Waals surface area contributed by atoms with Gasteiger partial charge < -0.3 is 10.5 Å². The Morgan fingerprint density at radius 2 is 1.73 bits per heavy atom.